The Morgan fingerprint density at radius 2 is 2.17 bits per heavy atom. The van der Waals surface area contributed by atoms with Gasteiger partial charge in [0.15, 0.2) is 5.58 Å². The monoisotopic (exact) mass is 390 g/mol. The van der Waals surface area contributed by atoms with E-state index in [1.54, 1.807) is 18.2 Å². The van der Waals surface area contributed by atoms with Crippen molar-refractivity contribution >= 4 is 44.9 Å². The van der Waals surface area contributed by atoms with Crippen LogP contribution < -0.4 is 9.84 Å². The Morgan fingerprint density at radius 3 is 2.88 bits per heavy atom. The van der Waals surface area contributed by atoms with E-state index in [4.69, 9.17) is 9.15 Å². The molecule has 0 saturated carbocycles. The van der Waals surface area contributed by atoms with Crippen LogP contribution in [0.3, 0.4) is 0 Å². The number of oxazole rings is 1. The fourth-order valence-electron chi connectivity index (χ4n) is 2.03. The summed E-state index contributed by atoms with van der Waals surface area (Å²) in [6.45, 7) is 0. The predicted molar refractivity (Wildman–Crippen MR) is 88.1 cm³/mol. The highest BCUT2D eigenvalue weighted by atomic mass is 79.9. The van der Waals surface area contributed by atoms with Gasteiger partial charge in [-0.25, -0.2) is 4.99 Å². The van der Waals surface area contributed by atoms with Gasteiger partial charge in [-0.1, -0.05) is 15.9 Å². The summed E-state index contributed by atoms with van der Waals surface area (Å²) in [6, 6.07) is 7.70. The van der Waals surface area contributed by atoms with Crippen LogP contribution >= 0.6 is 15.9 Å². The van der Waals surface area contributed by atoms with Crippen LogP contribution in [0.2, 0.25) is 0 Å². The summed E-state index contributed by atoms with van der Waals surface area (Å²) in [5.74, 6) is -0.122. The molecule has 0 aliphatic rings. The largest absolute Gasteiger partial charge is 0.867 e. The van der Waals surface area contributed by atoms with Crippen LogP contribution in [0.1, 0.15) is 5.56 Å². The zero-order valence-corrected chi connectivity index (χ0v) is 13.8. The molecule has 1 heterocycles. The molecule has 0 bridgehead atoms. The summed E-state index contributed by atoms with van der Waals surface area (Å²) < 4.78 is 10.9. The lowest BCUT2D eigenvalue weighted by Gasteiger charge is -2.10. The maximum Gasteiger partial charge on any atom is 0.322 e. The van der Waals surface area contributed by atoms with Gasteiger partial charge in [0.1, 0.15) is 11.3 Å². The Balaban J connectivity index is 1.97. The molecule has 0 fully saturated rings. The molecule has 0 N–H and O–H groups in total. The van der Waals surface area contributed by atoms with Gasteiger partial charge < -0.3 is 14.3 Å². The summed E-state index contributed by atoms with van der Waals surface area (Å²) in [6.07, 6.45) is 1.18. The molecule has 9 heteroatoms. The third-order valence-electron chi connectivity index (χ3n) is 3.16. The van der Waals surface area contributed by atoms with E-state index in [1.165, 1.54) is 19.4 Å². The van der Waals surface area contributed by atoms with E-state index in [9.17, 15) is 15.2 Å². The van der Waals surface area contributed by atoms with Gasteiger partial charge in [0.05, 0.1) is 12.0 Å². The lowest BCUT2D eigenvalue weighted by Crippen LogP contribution is -2.02. The van der Waals surface area contributed by atoms with Crippen molar-refractivity contribution in [1.82, 2.24) is 4.98 Å². The van der Waals surface area contributed by atoms with E-state index in [-0.39, 0.29) is 11.6 Å². The Hall–Kier alpha value is -2.94. The van der Waals surface area contributed by atoms with Crippen molar-refractivity contribution in [3.8, 4) is 11.5 Å². The van der Waals surface area contributed by atoms with Crippen LogP contribution in [0.15, 0.2) is 44.2 Å². The first-order chi connectivity index (χ1) is 11.5. The third-order valence-corrected chi connectivity index (χ3v) is 3.62. The number of rotatable bonds is 4. The molecule has 3 aromatic rings. The molecule has 1 aromatic heterocycles. The van der Waals surface area contributed by atoms with E-state index in [0.29, 0.717) is 21.3 Å². The predicted octanol–water partition coefficient (Wildman–Crippen LogP) is 3.33. The summed E-state index contributed by atoms with van der Waals surface area (Å²) in [4.78, 5) is 18.3. The molecule has 0 radical (unpaired) electrons. The minimum Gasteiger partial charge on any atom is -0.867 e. The number of fused-ring (bicyclic) bond motifs is 1. The molecular weight excluding hydrogens is 382 g/mol. The highest BCUT2D eigenvalue weighted by Crippen LogP contribution is 2.31. The van der Waals surface area contributed by atoms with Gasteiger partial charge in [0.2, 0.25) is 0 Å². The first-order valence-electron chi connectivity index (χ1n) is 6.61. The highest BCUT2D eigenvalue weighted by molar-refractivity contribution is 9.10. The van der Waals surface area contributed by atoms with Crippen molar-refractivity contribution in [1.29, 1.82) is 0 Å². The molecule has 0 atom stereocenters. The number of hydrogen-bond acceptors (Lipinski definition) is 7. The van der Waals surface area contributed by atoms with E-state index >= 15 is 0 Å². The van der Waals surface area contributed by atoms with E-state index in [0.717, 1.165) is 6.07 Å². The fourth-order valence-corrected chi connectivity index (χ4v) is 2.49. The molecule has 24 heavy (non-hydrogen) atoms. The van der Waals surface area contributed by atoms with Crippen LogP contribution in [-0.4, -0.2) is 23.2 Å². The molecule has 122 valence electrons. The maximum atomic E-state index is 12.0. The number of nitrogens with zero attached hydrogens (tertiary/aromatic N) is 3. The summed E-state index contributed by atoms with van der Waals surface area (Å²) >= 11 is 3.13. The van der Waals surface area contributed by atoms with Crippen LogP contribution in [0.25, 0.3) is 11.1 Å². The number of ether oxygens (including phenoxy) is 1. The normalized spacial score (nSPS) is 11.2. The molecule has 0 amide bonds. The van der Waals surface area contributed by atoms with Gasteiger partial charge in [0, 0.05) is 22.8 Å². The smallest absolute Gasteiger partial charge is 0.322 e. The van der Waals surface area contributed by atoms with Crippen molar-refractivity contribution in [2.45, 2.75) is 0 Å². The Morgan fingerprint density at radius 1 is 1.38 bits per heavy atom. The first kappa shape index (κ1) is 15.9. The quantitative estimate of drug-likeness (QED) is 0.383. The number of aliphatic imine (C=N–C) groups is 1. The zero-order valence-electron chi connectivity index (χ0n) is 12.2. The Labute approximate surface area is 143 Å². The molecule has 8 nitrogen and oxygen atoms in total. The van der Waals surface area contributed by atoms with E-state index in [2.05, 4.69) is 25.9 Å². The van der Waals surface area contributed by atoms with Crippen molar-refractivity contribution in [2.75, 3.05) is 7.11 Å². The Kier molecular flexibility index (Phi) is 4.17. The Bertz CT molecular complexity index is 967. The molecule has 0 spiro atoms. The van der Waals surface area contributed by atoms with Gasteiger partial charge >= 0.3 is 6.01 Å². The number of nitro benzene ring substituents is 1. The summed E-state index contributed by atoms with van der Waals surface area (Å²) in [7, 11) is 1.53. The number of benzene rings is 2. The lowest BCUT2D eigenvalue weighted by molar-refractivity contribution is -0.398. The average Bonchev–Trinajstić information content (AvgIpc) is 2.96. The van der Waals surface area contributed by atoms with Gasteiger partial charge in [-0.3, -0.25) is 10.1 Å². The van der Waals surface area contributed by atoms with E-state index in [1.807, 2.05) is 0 Å². The number of methoxy groups -OCH3 is 1. The zero-order chi connectivity index (χ0) is 17.3. The molecule has 0 saturated heterocycles. The van der Waals surface area contributed by atoms with Gasteiger partial charge in [-0.05, 0) is 29.5 Å². The highest BCUT2D eigenvalue weighted by Gasteiger charge is 2.11. The third kappa shape index (κ3) is 3.06. The van der Waals surface area contributed by atoms with Gasteiger partial charge in [0.25, 0.3) is 5.69 Å². The van der Waals surface area contributed by atoms with Crippen molar-refractivity contribution in [3.05, 3.63) is 50.5 Å². The summed E-state index contributed by atoms with van der Waals surface area (Å²) in [5, 5.41) is 22.9. The van der Waals surface area contributed by atoms with Crippen LogP contribution in [0.5, 0.6) is 11.5 Å². The number of nitro groups is 1. The number of aromatic nitrogens is 1. The minimum absolute atomic E-state index is 0.0280. The van der Waals surface area contributed by atoms with Crippen molar-refractivity contribution < 1.29 is 19.2 Å². The second-order valence-electron chi connectivity index (χ2n) is 4.69. The molecular formula is C15H9BrN3O5-. The van der Waals surface area contributed by atoms with Gasteiger partial charge in [-0.2, -0.15) is 4.98 Å². The maximum absolute atomic E-state index is 12.0. The molecule has 3 rings (SSSR count). The van der Waals surface area contributed by atoms with Crippen molar-refractivity contribution in [2.24, 2.45) is 4.99 Å². The molecule has 0 aliphatic heterocycles. The van der Waals surface area contributed by atoms with Crippen LogP contribution in [0, 0.1) is 10.1 Å². The fraction of sp³-hybridized carbons (Fsp3) is 0.0667. The molecule has 2 aromatic carbocycles. The average molecular weight is 391 g/mol. The number of hydrogen-bond donors (Lipinski definition) is 0. The topological polar surface area (TPSA) is 114 Å². The first-order valence-corrected chi connectivity index (χ1v) is 7.41. The van der Waals surface area contributed by atoms with Crippen molar-refractivity contribution in [3.63, 3.8) is 0 Å². The summed E-state index contributed by atoms with van der Waals surface area (Å²) in [5.41, 5.74) is 0.568. The molecule has 0 aliphatic carbocycles. The number of halogens is 1. The standard InChI is InChI=1S/C15H10BrN3O5/c1-23-10-2-3-11-13(6-10)24-15(18-11)17-7-8-4-9(16)5-12(14(8)20)19(21)22/h2-7,20H,1H3/p-1. The molecule has 0 unspecified atom stereocenters. The second kappa shape index (κ2) is 6.28. The van der Waals surface area contributed by atoms with Crippen LogP contribution in [0.4, 0.5) is 11.7 Å². The minimum atomic E-state index is -0.740. The lowest BCUT2D eigenvalue weighted by atomic mass is 10.2. The van der Waals surface area contributed by atoms with E-state index < -0.39 is 16.4 Å². The van der Waals surface area contributed by atoms with Crippen LogP contribution in [-0.2, 0) is 0 Å². The SMILES string of the molecule is COc1ccc2nc(N=Cc3cc(Br)cc([N+](=O)[O-])c3[O-])oc2c1. The second-order valence-corrected chi connectivity index (χ2v) is 5.60. The van der Waals surface area contributed by atoms with Gasteiger partial charge in [-0.15, -0.1) is 0 Å².